The van der Waals surface area contributed by atoms with Gasteiger partial charge in [-0.1, -0.05) is 0 Å². The summed E-state index contributed by atoms with van der Waals surface area (Å²) >= 11 is 0. The molecular formula is C27H44N6O12. The summed E-state index contributed by atoms with van der Waals surface area (Å²) in [6.45, 7) is 3.58. The van der Waals surface area contributed by atoms with E-state index in [0.717, 1.165) is 27.4 Å². The summed E-state index contributed by atoms with van der Waals surface area (Å²) in [5.41, 5.74) is -4.39. The van der Waals surface area contributed by atoms with Crippen LogP contribution in [0.15, 0.2) is 28.8 Å². The maximum absolute atomic E-state index is 12.5. The van der Waals surface area contributed by atoms with Gasteiger partial charge in [0.2, 0.25) is 0 Å². The van der Waals surface area contributed by atoms with Crippen LogP contribution in [0.5, 0.6) is 0 Å². The summed E-state index contributed by atoms with van der Waals surface area (Å²) in [5.74, 6) is -0.492. The van der Waals surface area contributed by atoms with Gasteiger partial charge in [0.1, 0.15) is 11.6 Å². The first-order valence-corrected chi connectivity index (χ1v) is 14.2. The van der Waals surface area contributed by atoms with Gasteiger partial charge >= 0.3 is 34.1 Å². The first kappa shape index (κ1) is 39.0. The molecule has 0 amide bonds. The molecule has 0 aliphatic carbocycles. The van der Waals surface area contributed by atoms with Crippen LogP contribution < -0.4 is 34.1 Å². The summed E-state index contributed by atoms with van der Waals surface area (Å²) in [7, 11) is 5.92. The fourth-order valence-corrected chi connectivity index (χ4v) is 4.05. The minimum absolute atomic E-state index is 0.000661. The van der Waals surface area contributed by atoms with E-state index in [1.54, 1.807) is 0 Å². The number of carbonyl (C=O) groups is 2. The maximum atomic E-state index is 12.5. The van der Waals surface area contributed by atoms with E-state index in [0.29, 0.717) is 26.1 Å². The molecule has 0 spiro atoms. The molecule has 0 aliphatic rings. The summed E-state index contributed by atoms with van der Waals surface area (Å²) in [5, 5.41) is 0. The quantitative estimate of drug-likeness (QED) is 0.143. The third-order valence-electron chi connectivity index (χ3n) is 6.34. The molecule has 0 saturated carbocycles. The van der Waals surface area contributed by atoms with Crippen LogP contribution in [0.4, 0.5) is 0 Å². The van der Waals surface area contributed by atoms with E-state index in [9.17, 15) is 38.4 Å². The molecule has 254 valence electrons. The zero-order valence-corrected chi connectivity index (χ0v) is 26.8. The topological polar surface area (TPSA) is 203 Å². The lowest BCUT2D eigenvalue weighted by Crippen LogP contribution is -2.55. The fraction of sp³-hybridized carbons (Fsp3) is 0.704. The number of rotatable bonds is 19. The highest BCUT2D eigenvalue weighted by Gasteiger charge is 2.17. The Bertz CT molecular complexity index is 1530. The highest BCUT2D eigenvalue weighted by molar-refractivity contribution is 5.75. The van der Waals surface area contributed by atoms with Crippen molar-refractivity contribution in [3.05, 3.63) is 62.9 Å². The second-order valence-corrected chi connectivity index (χ2v) is 9.87. The van der Waals surface area contributed by atoms with Crippen molar-refractivity contribution < 1.29 is 28.5 Å². The van der Waals surface area contributed by atoms with Crippen LogP contribution in [0.3, 0.4) is 0 Å². The first-order valence-electron chi connectivity index (χ1n) is 14.2. The van der Waals surface area contributed by atoms with Crippen molar-refractivity contribution in [1.82, 2.24) is 27.4 Å². The molecule has 0 aliphatic heterocycles. The molecule has 0 aromatic carbocycles. The minimum Gasteiger partial charge on any atom is -0.385 e. The molecule has 0 unspecified atom stereocenters. The van der Waals surface area contributed by atoms with Gasteiger partial charge in [-0.25, -0.2) is 56.2 Å². The van der Waals surface area contributed by atoms with Gasteiger partial charge in [-0.2, -0.15) is 0 Å². The smallest absolute Gasteiger partial charge is 0.336 e. The third-order valence-corrected chi connectivity index (χ3v) is 6.34. The van der Waals surface area contributed by atoms with Crippen molar-refractivity contribution in [2.24, 2.45) is 0 Å². The van der Waals surface area contributed by atoms with E-state index in [1.807, 2.05) is 0 Å². The van der Waals surface area contributed by atoms with E-state index in [2.05, 4.69) is 0 Å². The second kappa shape index (κ2) is 20.1. The van der Waals surface area contributed by atoms with Gasteiger partial charge in [-0.3, -0.25) is 9.59 Å². The Morgan fingerprint density at radius 1 is 0.444 bits per heavy atom. The van der Waals surface area contributed by atoms with Crippen LogP contribution >= 0.6 is 0 Å². The zero-order chi connectivity index (χ0) is 34.1. The van der Waals surface area contributed by atoms with E-state index >= 15 is 0 Å². The summed E-state index contributed by atoms with van der Waals surface area (Å²) in [6.07, 6.45) is 0.993. The van der Waals surface area contributed by atoms with Crippen molar-refractivity contribution in [1.29, 1.82) is 0 Å². The van der Waals surface area contributed by atoms with Crippen molar-refractivity contribution in [3.8, 4) is 0 Å². The highest BCUT2D eigenvalue weighted by atomic mass is 16.5. The number of Topliss-reactive ketones (excluding diaryl/α,β-unsaturated/α-hetero) is 2. The molecule has 0 atom stereocenters. The lowest BCUT2D eigenvalue weighted by Gasteiger charge is -2.13. The predicted octanol–water partition coefficient (Wildman–Crippen LogP) is -2.72. The summed E-state index contributed by atoms with van der Waals surface area (Å²) in [4.78, 5) is 96.2. The molecule has 0 N–H and O–H groups in total. The molecule has 18 nitrogen and oxygen atoms in total. The summed E-state index contributed by atoms with van der Waals surface area (Å²) < 4.78 is 25.0. The average molecular weight is 645 g/mol. The second-order valence-electron chi connectivity index (χ2n) is 9.87. The lowest BCUT2D eigenvalue weighted by molar-refractivity contribution is -0.118. The van der Waals surface area contributed by atoms with E-state index < -0.39 is 34.1 Å². The van der Waals surface area contributed by atoms with Gasteiger partial charge in [-0.05, 0) is 26.7 Å². The third kappa shape index (κ3) is 11.5. The predicted molar refractivity (Wildman–Crippen MR) is 161 cm³/mol. The molecule has 2 heterocycles. The van der Waals surface area contributed by atoms with Gasteiger partial charge < -0.3 is 18.9 Å². The standard InChI is InChI=1S/C15H25N3O6.C12H19N3O6/c1-12(19)6-9-18-14(21)16(7-4-10-23-2)13(20)17(15(18)22)8-5-11-24-3;1-9(16)8-15-11(18)13(4-6-20-2)10(17)14(12(15)19)5-7-21-3/h4-11H2,1-3H3;4-8H2,1-3H3. The van der Waals surface area contributed by atoms with Gasteiger partial charge in [0.05, 0.1) is 32.8 Å². The number of nitrogens with zero attached hydrogens (tertiary/aromatic N) is 6. The Kier molecular flexibility index (Phi) is 17.4. The van der Waals surface area contributed by atoms with Crippen molar-refractivity contribution in [3.63, 3.8) is 0 Å². The summed E-state index contributed by atoms with van der Waals surface area (Å²) in [6, 6.07) is 0. The van der Waals surface area contributed by atoms with Crippen LogP contribution in [0, 0.1) is 0 Å². The molecule has 2 aromatic heterocycles. The molecule has 2 rings (SSSR count). The van der Waals surface area contributed by atoms with E-state index in [4.69, 9.17) is 18.9 Å². The van der Waals surface area contributed by atoms with Crippen LogP contribution in [0.2, 0.25) is 0 Å². The number of hydrogen-bond donors (Lipinski definition) is 0. The average Bonchev–Trinajstić information content (AvgIpc) is 2.99. The molecule has 0 bridgehead atoms. The SMILES string of the molecule is COCCCn1c(=O)n(CCCOC)c(=O)n(CCC(C)=O)c1=O.COCCn1c(=O)n(CCOC)c(=O)n(CC(C)=O)c1=O. The molecule has 0 radical (unpaired) electrons. The Morgan fingerprint density at radius 2 is 0.756 bits per heavy atom. The van der Waals surface area contributed by atoms with Crippen molar-refractivity contribution in [2.75, 3.05) is 54.9 Å². The zero-order valence-electron chi connectivity index (χ0n) is 26.8. The monoisotopic (exact) mass is 644 g/mol. The number of aromatic nitrogens is 6. The van der Waals surface area contributed by atoms with Crippen molar-refractivity contribution >= 4 is 11.6 Å². The molecular weight excluding hydrogens is 600 g/mol. The number of ether oxygens (including phenoxy) is 4. The lowest BCUT2D eigenvalue weighted by atomic mass is 10.3. The van der Waals surface area contributed by atoms with Crippen LogP contribution in [0.1, 0.15) is 33.1 Å². The van der Waals surface area contributed by atoms with Crippen LogP contribution in [-0.2, 0) is 67.8 Å². The number of ketones is 2. The fourth-order valence-electron chi connectivity index (χ4n) is 4.05. The van der Waals surface area contributed by atoms with Gasteiger partial charge in [-0.15, -0.1) is 0 Å². The molecule has 0 saturated heterocycles. The number of carbonyl (C=O) groups excluding carboxylic acids is 2. The first-order chi connectivity index (χ1) is 21.4. The normalized spacial score (nSPS) is 10.9. The minimum atomic E-state index is -0.814. The van der Waals surface area contributed by atoms with E-state index in [1.165, 1.54) is 42.3 Å². The Hall–Kier alpha value is -4.00. The highest BCUT2D eigenvalue weighted by Crippen LogP contribution is 1.89. The Morgan fingerprint density at radius 3 is 1.07 bits per heavy atom. The van der Waals surface area contributed by atoms with Crippen LogP contribution in [-0.4, -0.2) is 93.8 Å². The Balaban J connectivity index is 0.000000454. The largest absolute Gasteiger partial charge is 0.385 e. The number of hydrogen-bond acceptors (Lipinski definition) is 12. The Labute approximate surface area is 257 Å². The van der Waals surface area contributed by atoms with Gasteiger partial charge in [0.25, 0.3) is 0 Å². The molecule has 18 heteroatoms. The number of methoxy groups -OCH3 is 4. The molecule has 45 heavy (non-hydrogen) atoms. The van der Waals surface area contributed by atoms with Gasteiger partial charge in [0, 0.05) is 67.7 Å². The van der Waals surface area contributed by atoms with E-state index in [-0.39, 0.29) is 70.5 Å². The maximum Gasteiger partial charge on any atom is 0.336 e. The molecule has 2 aromatic rings. The van der Waals surface area contributed by atoms with Crippen LogP contribution in [0.25, 0.3) is 0 Å². The van der Waals surface area contributed by atoms with Gasteiger partial charge in [0.15, 0.2) is 0 Å². The van der Waals surface area contributed by atoms with Crippen molar-refractivity contribution in [2.45, 2.75) is 72.4 Å². The molecule has 0 fully saturated rings.